The fourth-order valence-corrected chi connectivity index (χ4v) is 4.60. The summed E-state index contributed by atoms with van der Waals surface area (Å²) in [5.41, 5.74) is 2.85. The molecular formula is C26H45IN4O2. The number of benzene rings is 1. The Bertz CT molecular complexity index is 693. The van der Waals surface area contributed by atoms with Crippen molar-refractivity contribution in [2.45, 2.75) is 77.5 Å². The van der Waals surface area contributed by atoms with Crippen molar-refractivity contribution >= 4 is 29.9 Å². The zero-order valence-corrected chi connectivity index (χ0v) is 23.2. The molecule has 1 atom stereocenters. The third-order valence-electron chi connectivity index (χ3n) is 6.34. The van der Waals surface area contributed by atoms with E-state index in [4.69, 9.17) is 14.5 Å². The first kappa shape index (κ1) is 28.3. The Kier molecular flexibility index (Phi) is 13.7. The molecule has 0 radical (unpaired) electrons. The van der Waals surface area contributed by atoms with E-state index in [0.717, 1.165) is 77.6 Å². The Morgan fingerprint density at radius 1 is 1.15 bits per heavy atom. The molecular weight excluding hydrogens is 527 g/mol. The second-order valence-corrected chi connectivity index (χ2v) is 9.24. The number of fused-ring (bicyclic) bond motifs is 1. The van der Waals surface area contributed by atoms with Crippen molar-refractivity contribution < 1.29 is 9.47 Å². The summed E-state index contributed by atoms with van der Waals surface area (Å²) in [7, 11) is 0. The molecule has 1 aromatic carbocycles. The largest absolute Gasteiger partial charge is 0.377 e. The van der Waals surface area contributed by atoms with E-state index < -0.39 is 0 Å². The van der Waals surface area contributed by atoms with E-state index in [0.29, 0.717) is 12.1 Å². The summed E-state index contributed by atoms with van der Waals surface area (Å²) >= 11 is 0. The van der Waals surface area contributed by atoms with Gasteiger partial charge in [0.05, 0.1) is 18.8 Å². The first-order chi connectivity index (χ1) is 15.7. The summed E-state index contributed by atoms with van der Waals surface area (Å²) in [6.45, 7) is 12.8. The number of aryl methyl sites for hydroxylation is 1. The van der Waals surface area contributed by atoms with Crippen LogP contribution in [0.15, 0.2) is 29.3 Å². The fraction of sp³-hybridized carbons (Fsp3) is 0.731. The van der Waals surface area contributed by atoms with Crippen LogP contribution in [0, 0.1) is 0 Å². The number of likely N-dealkylation sites (tertiary alicyclic amines) is 1. The number of guanidine groups is 1. The van der Waals surface area contributed by atoms with Crippen molar-refractivity contribution in [3.05, 3.63) is 35.4 Å². The van der Waals surface area contributed by atoms with Gasteiger partial charge in [0.25, 0.3) is 0 Å². The molecule has 1 aromatic rings. The van der Waals surface area contributed by atoms with Gasteiger partial charge in [0.1, 0.15) is 0 Å². The van der Waals surface area contributed by atoms with E-state index in [1.165, 1.54) is 24.0 Å². The van der Waals surface area contributed by atoms with Gasteiger partial charge in [-0.25, -0.2) is 0 Å². The topological polar surface area (TPSA) is 58.1 Å². The van der Waals surface area contributed by atoms with E-state index in [1.807, 2.05) is 0 Å². The summed E-state index contributed by atoms with van der Waals surface area (Å²) < 4.78 is 11.9. The highest BCUT2D eigenvalue weighted by atomic mass is 127. The normalized spacial score (nSPS) is 19.8. The van der Waals surface area contributed by atoms with Crippen molar-refractivity contribution in [2.75, 3.05) is 45.9 Å². The van der Waals surface area contributed by atoms with Crippen molar-refractivity contribution in [1.82, 2.24) is 15.5 Å². The maximum Gasteiger partial charge on any atom is 0.191 e. The molecule has 1 fully saturated rings. The van der Waals surface area contributed by atoms with Gasteiger partial charge >= 0.3 is 0 Å². The van der Waals surface area contributed by atoms with E-state index in [1.54, 1.807) is 0 Å². The zero-order valence-electron chi connectivity index (χ0n) is 20.9. The van der Waals surface area contributed by atoms with Crippen LogP contribution in [0.2, 0.25) is 0 Å². The summed E-state index contributed by atoms with van der Waals surface area (Å²) in [6.07, 6.45) is 7.35. The van der Waals surface area contributed by atoms with Gasteiger partial charge in [0.15, 0.2) is 5.96 Å². The van der Waals surface area contributed by atoms with Gasteiger partial charge < -0.3 is 25.0 Å². The number of nitrogens with zero attached hydrogens (tertiary/aromatic N) is 2. The smallest absolute Gasteiger partial charge is 0.191 e. The number of hydrogen-bond acceptors (Lipinski definition) is 4. The molecule has 0 amide bonds. The average molecular weight is 573 g/mol. The molecule has 33 heavy (non-hydrogen) atoms. The Morgan fingerprint density at radius 3 is 2.70 bits per heavy atom. The van der Waals surface area contributed by atoms with Crippen LogP contribution in [0.25, 0.3) is 0 Å². The molecule has 7 heteroatoms. The van der Waals surface area contributed by atoms with Crippen LogP contribution in [0.3, 0.4) is 0 Å². The second kappa shape index (κ2) is 15.9. The molecule has 1 saturated heterocycles. The highest BCUT2D eigenvalue weighted by Gasteiger charge is 2.21. The molecule has 0 aromatic heterocycles. The van der Waals surface area contributed by atoms with E-state index in [2.05, 4.69) is 60.6 Å². The van der Waals surface area contributed by atoms with Crippen LogP contribution in [-0.2, 0) is 15.9 Å². The monoisotopic (exact) mass is 572 g/mol. The van der Waals surface area contributed by atoms with Crippen LogP contribution in [0.5, 0.6) is 0 Å². The third kappa shape index (κ3) is 10.1. The molecule has 0 spiro atoms. The molecule has 1 heterocycles. The molecule has 1 unspecified atom stereocenters. The Hall–Kier alpha value is -0.900. The van der Waals surface area contributed by atoms with Crippen LogP contribution < -0.4 is 10.6 Å². The number of hydrogen-bond donors (Lipinski definition) is 2. The van der Waals surface area contributed by atoms with Crippen molar-refractivity contribution in [3.8, 4) is 0 Å². The first-order valence-corrected chi connectivity index (χ1v) is 12.7. The SMILES string of the molecule is CCNC(=NCCCOC1CCCc2ccccc21)NC1CCN(CCOC(C)C)CC1.I. The minimum atomic E-state index is 0. The van der Waals surface area contributed by atoms with Crippen molar-refractivity contribution in [1.29, 1.82) is 0 Å². The molecule has 2 N–H and O–H groups in total. The van der Waals surface area contributed by atoms with Gasteiger partial charge in [-0.2, -0.15) is 0 Å². The maximum atomic E-state index is 6.23. The number of ether oxygens (including phenoxy) is 2. The summed E-state index contributed by atoms with van der Waals surface area (Å²) in [4.78, 5) is 7.31. The minimum absolute atomic E-state index is 0. The predicted molar refractivity (Wildman–Crippen MR) is 148 cm³/mol. The van der Waals surface area contributed by atoms with Crippen LogP contribution in [-0.4, -0.2) is 68.9 Å². The van der Waals surface area contributed by atoms with E-state index in [-0.39, 0.29) is 30.1 Å². The lowest BCUT2D eigenvalue weighted by molar-refractivity contribution is 0.0402. The fourth-order valence-electron chi connectivity index (χ4n) is 4.60. The van der Waals surface area contributed by atoms with Gasteiger partial charge in [0.2, 0.25) is 0 Å². The number of nitrogens with one attached hydrogen (secondary N) is 2. The van der Waals surface area contributed by atoms with Gasteiger partial charge in [-0.05, 0) is 70.4 Å². The summed E-state index contributed by atoms with van der Waals surface area (Å²) in [6, 6.07) is 9.23. The van der Waals surface area contributed by atoms with Crippen LogP contribution >= 0.6 is 24.0 Å². The van der Waals surface area contributed by atoms with Gasteiger partial charge in [0, 0.05) is 45.4 Å². The second-order valence-electron chi connectivity index (χ2n) is 9.24. The molecule has 2 aliphatic rings. The third-order valence-corrected chi connectivity index (χ3v) is 6.34. The molecule has 188 valence electrons. The number of halogens is 1. The summed E-state index contributed by atoms with van der Waals surface area (Å²) in [5, 5.41) is 7.05. The zero-order chi connectivity index (χ0) is 22.6. The Balaban J connectivity index is 0.00000385. The highest BCUT2D eigenvalue weighted by Crippen LogP contribution is 2.32. The van der Waals surface area contributed by atoms with Gasteiger partial charge in [-0.15, -0.1) is 24.0 Å². The molecule has 3 rings (SSSR count). The maximum absolute atomic E-state index is 6.23. The quantitative estimate of drug-likeness (QED) is 0.177. The Morgan fingerprint density at radius 2 is 1.94 bits per heavy atom. The molecule has 6 nitrogen and oxygen atoms in total. The molecule has 0 saturated carbocycles. The number of piperidine rings is 1. The number of rotatable bonds is 11. The number of aliphatic imine (C=N–C) groups is 1. The minimum Gasteiger partial charge on any atom is -0.377 e. The van der Waals surface area contributed by atoms with Crippen molar-refractivity contribution in [2.24, 2.45) is 4.99 Å². The highest BCUT2D eigenvalue weighted by molar-refractivity contribution is 14.0. The lowest BCUT2D eigenvalue weighted by atomic mass is 9.89. The van der Waals surface area contributed by atoms with E-state index in [9.17, 15) is 0 Å². The van der Waals surface area contributed by atoms with Gasteiger partial charge in [-0.1, -0.05) is 24.3 Å². The lowest BCUT2D eigenvalue weighted by Gasteiger charge is -2.33. The molecule has 1 aliphatic carbocycles. The van der Waals surface area contributed by atoms with Gasteiger partial charge in [-0.3, -0.25) is 4.99 Å². The predicted octanol–water partition coefficient (Wildman–Crippen LogP) is 4.53. The van der Waals surface area contributed by atoms with Crippen LogP contribution in [0.4, 0.5) is 0 Å². The lowest BCUT2D eigenvalue weighted by Crippen LogP contribution is -2.49. The molecule has 0 bridgehead atoms. The Labute approximate surface area is 218 Å². The molecule has 1 aliphatic heterocycles. The summed E-state index contributed by atoms with van der Waals surface area (Å²) in [5.74, 6) is 0.942. The average Bonchev–Trinajstić information content (AvgIpc) is 2.80. The first-order valence-electron chi connectivity index (χ1n) is 12.7. The van der Waals surface area contributed by atoms with Crippen molar-refractivity contribution in [3.63, 3.8) is 0 Å². The van der Waals surface area contributed by atoms with Crippen LogP contribution in [0.1, 0.15) is 70.1 Å². The standard InChI is InChI=1S/C26H44N4O2.HI/c1-4-27-26(29-23-13-16-30(17-14-23)18-20-31-21(2)3)28-15-8-19-32-25-12-7-10-22-9-5-6-11-24(22)25;/h5-6,9,11,21,23,25H,4,7-8,10,12-20H2,1-3H3,(H2,27,28,29);1H. The van der Waals surface area contributed by atoms with E-state index >= 15 is 0 Å².